The van der Waals surface area contributed by atoms with Crippen LogP contribution in [0.4, 0.5) is 5.69 Å². The van der Waals surface area contributed by atoms with Gasteiger partial charge in [-0.1, -0.05) is 12.1 Å². The van der Waals surface area contributed by atoms with Crippen molar-refractivity contribution in [2.45, 2.75) is 36.3 Å². The molecule has 2 N–H and O–H groups in total. The van der Waals surface area contributed by atoms with Crippen molar-refractivity contribution < 1.29 is 8.42 Å². The lowest BCUT2D eigenvalue weighted by Crippen LogP contribution is -2.27. The number of hydrogen-bond acceptors (Lipinski definition) is 3. The van der Waals surface area contributed by atoms with Crippen LogP contribution in [0.15, 0.2) is 24.3 Å². The van der Waals surface area contributed by atoms with E-state index in [1.54, 1.807) is 0 Å². The highest BCUT2D eigenvalue weighted by Crippen LogP contribution is 2.71. The zero-order chi connectivity index (χ0) is 14.9. The Balaban J connectivity index is 1.47. The van der Waals surface area contributed by atoms with Crippen LogP contribution in [0.5, 0.6) is 0 Å². The molecule has 4 nitrogen and oxygen atoms in total. The largest absolute Gasteiger partial charge is 0.316 e. The highest BCUT2D eigenvalue weighted by molar-refractivity contribution is 7.93. The summed E-state index contributed by atoms with van der Waals surface area (Å²) in [6, 6.07) is 8.23. The summed E-state index contributed by atoms with van der Waals surface area (Å²) in [5, 5.41) is 3.33. The number of anilines is 1. The van der Waals surface area contributed by atoms with E-state index in [-0.39, 0.29) is 5.25 Å². The van der Waals surface area contributed by atoms with Crippen molar-refractivity contribution in [2.24, 2.45) is 17.8 Å². The lowest BCUT2D eigenvalue weighted by Gasteiger charge is -2.22. The van der Waals surface area contributed by atoms with E-state index >= 15 is 0 Å². The Bertz CT molecular complexity index is 712. The molecule has 4 aliphatic rings. The first-order chi connectivity index (χ1) is 10.6. The molecule has 1 saturated heterocycles. The SMILES string of the molecule is O=S(=O)(Nc1cccc(C2(C3CC3)C3CNCC32)c1)C1CC1. The maximum atomic E-state index is 12.2. The van der Waals surface area contributed by atoms with Gasteiger partial charge in [-0.05, 0) is 74.2 Å². The lowest BCUT2D eigenvalue weighted by molar-refractivity contribution is 0.462. The molecule has 0 aromatic heterocycles. The molecule has 1 aliphatic heterocycles. The molecule has 2 atom stereocenters. The van der Waals surface area contributed by atoms with Crippen molar-refractivity contribution in [2.75, 3.05) is 17.8 Å². The average Bonchev–Trinajstić information content (AvgIpc) is 3.37. The van der Waals surface area contributed by atoms with Gasteiger partial charge in [0.2, 0.25) is 10.0 Å². The Kier molecular flexibility index (Phi) is 2.59. The minimum Gasteiger partial charge on any atom is -0.316 e. The highest BCUT2D eigenvalue weighted by atomic mass is 32.2. The maximum absolute atomic E-state index is 12.2. The first-order valence-corrected chi connectivity index (χ1v) is 10.00. The summed E-state index contributed by atoms with van der Waals surface area (Å²) in [5.74, 6) is 2.34. The zero-order valence-corrected chi connectivity index (χ0v) is 13.4. The van der Waals surface area contributed by atoms with Gasteiger partial charge in [0.1, 0.15) is 0 Å². The fraction of sp³-hybridized carbons (Fsp3) is 0.647. The first kappa shape index (κ1) is 13.4. The number of sulfonamides is 1. The molecule has 1 aromatic carbocycles. The fourth-order valence-corrected chi connectivity index (χ4v) is 6.27. The van der Waals surface area contributed by atoms with Gasteiger partial charge in [-0.2, -0.15) is 0 Å². The summed E-state index contributed by atoms with van der Waals surface area (Å²) in [5.41, 5.74) is 2.46. The monoisotopic (exact) mass is 318 g/mol. The van der Waals surface area contributed by atoms with Gasteiger partial charge in [0.15, 0.2) is 0 Å². The van der Waals surface area contributed by atoms with Gasteiger partial charge in [-0.25, -0.2) is 8.42 Å². The van der Waals surface area contributed by atoms with Crippen LogP contribution < -0.4 is 10.0 Å². The third kappa shape index (κ3) is 1.81. The molecule has 22 heavy (non-hydrogen) atoms. The molecular weight excluding hydrogens is 296 g/mol. The third-order valence-electron chi connectivity index (χ3n) is 6.17. The Hall–Kier alpha value is -1.07. The average molecular weight is 318 g/mol. The Morgan fingerprint density at radius 3 is 2.45 bits per heavy atom. The second kappa shape index (κ2) is 4.26. The van der Waals surface area contributed by atoms with Crippen molar-refractivity contribution in [3.05, 3.63) is 29.8 Å². The summed E-state index contributed by atoms with van der Waals surface area (Å²) in [7, 11) is -3.17. The van der Waals surface area contributed by atoms with Crippen LogP contribution in [0.2, 0.25) is 0 Å². The summed E-state index contributed by atoms with van der Waals surface area (Å²) in [6.07, 6.45) is 4.28. The quantitative estimate of drug-likeness (QED) is 0.874. The van der Waals surface area contributed by atoms with E-state index < -0.39 is 10.0 Å². The minimum atomic E-state index is -3.17. The van der Waals surface area contributed by atoms with Gasteiger partial charge in [0.25, 0.3) is 0 Å². The molecule has 1 aromatic rings. The maximum Gasteiger partial charge on any atom is 0.235 e. The standard InChI is InChI=1S/C17H22N2O2S/c20-22(21,14-6-7-14)19-13-3-1-2-12(8-13)17(11-4-5-11)15-9-18-10-16(15)17/h1-3,8,11,14-16,18-19H,4-7,9-10H2. The van der Waals surface area contributed by atoms with E-state index in [1.807, 2.05) is 12.1 Å². The van der Waals surface area contributed by atoms with Gasteiger partial charge < -0.3 is 5.32 Å². The summed E-state index contributed by atoms with van der Waals surface area (Å²) in [6.45, 7) is 2.25. The van der Waals surface area contributed by atoms with E-state index in [0.717, 1.165) is 49.4 Å². The molecule has 5 heteroatoms. The van der Waals surface area contributed by atoms with Gasteiger partial charge in [0, 0.05) is 11.1 Å². The van der Waals surface area contributed by atoms with Crippen molar-refractivity contribution in [1.29, 1.82) is 0 Å². The van der Waals surface area contributed by atoms with Crippen LogP contribution in [0.3, 0.4) is 0 Å². The third-order valence-corrected chi connectivity index (χ3v) is 8.04. The van der Waals surface area contributed by atoms with Crippen molar-refractivity contribution in [3.63, 3.8) is 0 Å². The van der Waals surface area contributed by atoms with Crippen molar-refractivity contribution >= 4 is 15.7 Å². The lowest BCUT2D eigenvalue weighted by atomic mass is 9.85. The molecule has 5 rings (SSSR count). The normalized spacial score (nSPS) is 36.9. The first-order valence-electron chi connectivity index (χ1n) is 8.45. The molecule has 2 unspecified atom stereocenters. The molecule has 118 valence electrons. The van der Waals surface area contributed by atoms with Gasteiger partial charge in [-0.3, -0.25) is 4.72 Å². The van der Waals surface area contributed by atoms with Crippen molar-refractivity contribution in [3.8, 4) is 0 Å². The number of nitrogens with one attached hydrogen (secondary N) is 2. The summed E-state index contributed by atoms with van der Waals surface area (Å²) in [4.78, 5) is 0. The summed E-state index contributed by atoms with van der Waals surface area (Å²) >= 11 is 0. The predicted molar refractivity (Wildman–Crippen MR) is 86.3 cm³/mol. The van der Waals surface area contributed by atoms with Crippen LogP contribution >= 0.6 is 0 Å². The molecule has 0 bridgehead atoms. The molecule has 4 fully saturated rings. The van der Waals surface area contributed by atoms with Crippen LogP contribution in [0, 0.1) is 17.8 Å². The smallest absolute Gasteiger partial charge is 0.235 e. The van der Waals surface area contributed by atoms with E-state index in [0.29, 0.717) is 5.41 Å². The highest BCUT2D eigenvalue weighted by Gasteiger charge is 2.71. The van der Waals surface area contributed by atoms with Crippen LogP contribution in [0.1, 0.15) is 31.2 Å². The fourth-order valence-electron chi connectivity index (χ4n) is 4.89. The van der Waals surface area contributed by atoms with Crippen molar-refractivity contribution in [1.82, 2.24) is 5.32 Å². The van der Waals surface area contributed by atoms with E-state index in [4.69, 9.17) is 0 Å². The van der Waals surface area contributed by atoms with Gasteiger partial charge >= 0.3 is 0 Å². The number of rotatable bonds is 5. The predicted octanol–water partition coefficient (Wildman–Crippen LogP) is 2.09. The summed E-state index contributed by atoms with van der Waals surface area (Å²) < 4.78 is 27.1. The Morgan fingerprint density at radius 2 is 1.82 bits per heavy atom. The van der Waals surface area contributed by atoms with E-state index in [2.05, 4.69) is 22.2 Å². The molecule has 3 aliphatic carbocycles. The Morgan fingerprint density at radius 1 is 1.09 bits per heavy atom. The number of piperidine rings is 1. The zero-order valence-electron chi connectivity index (χ0n) is 12.6. The number of fused-ring (bicyclic) bond motifs is 1. The number of benzene rings is 1. The van der Waals surface area contributed by atoms with Gasteiger partial charge in [0.05, 0.1) is 5.25 Å². The van der Waals surface area contributed by atoms with E-state index in [9.17, 15) is 8.42 Å². The Labute approximate surface area is 131 Å². The second-order valence-corrected chi connectivity index (χ2v) is 9.47. The van der Waals surface area contributed by atoms with Crippen LogP contribution in [0.25, 0.3) is 0 Å². The molecular formula is C17H22N2O2S. The molecule has 3 saturated carbocycles. The van der Waals surface area contributed by atoms with Crippen LogP contribution in [-0.2, 0) is 15.4 Å². The van der Waals surface area contributed by atoms with E-state index in [1.165, 1.54) is 18.4 Å². The number of hydrogen-bond donors (Lipinski definition) is 2. The molecule has 1 heterocycles. The second-order valence-electron chi connectivity index (χ2n) is 7.51. The minimum absolute atomic E-state index is 0.168. The topological polar surface area (TPSA) is 58.2 Å². The van der Waals surface area contributed by atoms with Crippen LogP contribution in [-0.4, -0.2) is 26.8 Å². The molecule has 0 amide bonds. The molecule has 0 spiro atoms. The molecule has 0 radical (unpaired) electrons. The van der Waals surface area contributed by atoms with Gasteiger partial charge in [-0.15, -0.1) is 0 Å².